The number of hydrogen-bond acceptors (Lipinski definition) is 3. The fraction of sp³-hybridized carbons (Fsp3) is 0.391. The van der Waals surface area contributed by atoms with E-state index >= 15 is 0 Å². The Balaban J connectivity index is 2.19. The van der Waals surface area contributed by atoms with Crippen LogP contribution in [-0.4, -0.2) is 35.1 Å². The molecule has 1 unspecified atom stereocenters. The molecule has 29 heavy (non-hydrogen) atoms. The average Bonchev–Trinajstić information content (AvgIpc) is 2.72. The molecule has 4 nitrogen and oxygen atoms in total. The third-order valence-corrected chi connectivity index (χ3v) is 5.98. The standard InChI is InChI=1S/C23H29ClN2O2S/c1-4-14-25-23(28)21(5-2)26(15-18-8-6-7-9-20(18)24)22(27)16-29-19-12-10-17(3)11-13-19/h6-13,21H,4-5,14-16H2,1-3H3,(H,25,28). The molecule has 0 heterocycles. The van der Waals surface area contributed by atoms with Crippen LogP contribution in [0.1, 0.15) is 37.8 Å². The van der Waals surface area contributed by atoms with Gasteiger partial charge in [0.2, 0.25) is 11.8 Å². The minimum Gasteiger partial charge on any atom is -0.354 e. The highest BCUT2D eigenvalue weighted by atomic mass is 35.5. The topological polar surface area (TPSA) is 49.4 Å². The van der Waals surface area contributed by atoms with Gasteiger partial charge in [-0.05, 0) is 43.5 Å². The molecule has 0 aliphatic carbocycles. The van der Waals surface area contributed by atoms with Gasteiger partial charge in [-0.1, -0.05) is 61.3 Å². The van der Waals surface area contributed by atoms with E-state index in [9.17, 15) is 9.59 Å². The summed E-state index contributed by atoms with van der Waals surface area (Å²) < 4.78 is 0. The second kappa shape index (κ2) is 11.9. The molecular formula is C23H29ClN2O2S. The van der Waals surface area contributed by atoms with E-state index in [1.54, 1.807) is 11.0 Å². The molecule has 1 N–H and O–H groups in total. The summed E-state index contributed by atoms with van der Waals surface area (Å²) >= 11 is 7.81. The van der Waals surface area contributed by atoms with Crippen LogP contribution in [-0.2, 0) is 16.1 Å². The Morgan fingerprint density at radius 2 is 1.79 bits per heavy atom. The zero-order valence-electron chi connectivity index (χ0n) is 17.3. The summed E-state index contributed by atoms with van der Waals surface area (Å²) in [6, 6.07) is 15.0. The van der Waals surface area contributed by atoms with Gasteiger partial charge in [0.1, 0.15) is 6.04 Å². The number of aryl methyl sites for hydroxylation is 1. The van der Waals surface area contributed by atoms with Crippen molar-refractivity contribution in [3.63, 3.8) is 0 Å². The first-order valence-electron chi connectivity index (χ1n) is 9.96. The number of halogens is 1. The monoisotopic (exact) mass is 432 g/mol. The predicted octanol–water partition coefficient (Wildman–Crippen LogP) is 5.07. The fourth-order valence-electron chi connectivity index (χ4n) is 2.96. The van der Waals surface area contributed by atoms with Crippen LogP contribution in [0.3, 0.4) is 0 Å². The molecule has 0 saturated carbocycles. The summed E-state index contributed by atoms with van der Waals surface area (Å²) in [6.45, 7) is 6.88. The van der Waals surface area contributed by atoms with Gasteiger partial charge >= 0.3 is 0 Å². The van der Waals surface area contributed by atoms with Crippen molar-refractivity contribution in [1.82, 2.24) is 10.2 Å². The molecule has 156 valence electrons. The van der Waals surface area contributed by atoms with Crippen molar-refractivity contribution in [3.05, 3.63) is 64.7 Å². The Morgan fingerprint density at radius 3 is 2.41 bits per heavy atom. The van der Waals surface area contributed by atoms with Crippen LogP contribution in [0.2, 0.25) is 5.02 Å². The second-order valence-corrected chi connectivity index (χ2v) is 8.39. The molecule has 2 aromatic carbocycles. The predicted molar refractivity (Wildman–Crippen MR) is 121 cm³/mol. The number of nitrogens with zero attached hydrogens (tertiary/aromatic N) is 1. The van der Waals surface area contributed by atoms with E-state index in [2.05, 4.69) is 5.32 Å². The summed E-state index contributed by atoms with van der Waals surface area (Å²) in [7, 11) is 0. The summed E-state index contributed by atoms with van der Waals surface area (Å²) in [4.78, 5) is 28.6. The number of carbonyl (C=O) groups is 2. The first kappa shape index (κ1) is 23.3. The largest absolute Gasteiger partial charge is 0.354 e. The Labute approximate surface area is 183 Å². The number of amides is 2. The maximum absolute atomic E-state index is 13.2. The van der Waals surface area contributed by atoms with Crippen molar-refractivity contribution in [2.45, 2.75) is 51.1 Å². The third kappa shape index (κ3) is 7.09. The van der Waals surface area contributed by atoms with Crippen LogP contribution in [0.25, 0.3) is 0 Å². The Kier molecular flexibility index (Phi) is 9.55. The van der Waals surface area contributed by atoms with Crippen LogP contribution >= 0.6 is 23.4 Å². The molecule has 0 fully saturated rings. The lowest BCUT2D eigenvalue weighted by Crippen LogP contribution is -2.49. The van der Waals surface area contributed by atoms with E-state index < -0.39 is 6.04 Å². The summed E-state index contributed by atoms with van der Waals surface area (Å²) in [5, 5.41) is 3.52. The van der Waals surface area contributed by atoms with Crippen molar-refractivity contribution in [2.24, 2.45) is 0 Å². The van der Waals surface area contributed by atoms with Crippen LogP contribution in [0, 0.1) is 6.92 Å². The molecule has 0 bridgehead atoms. The first-order valence-corrected chi connectivity index (χ1v) is 11.3. The normalized spacial score (nSPS) is 11.7. The Hall–Kier alpha value is -1.98. The SMILES string of the molecule is CCCNC(=O)C(CC)N(Cc1ccccc1Cl)C(=O)CSc1ccc(C)cc1. The van der Waals surface area contributed by atoms with Crippen molar-refractivity contribution in [3.8, 4) is 0 Å². The van der Waals surface area contributed by atoms with E-state index in [-0.39, 0.29) is 17.6 Å². The second-order valence-electron chi connectivity index (χ2n) is 6.93. The number of thioether (sulfide) groups is 1. The number of benzene rings is 2. The molecular weight excluding hydrogens is 404 g/mol. The van der Waals surface area contributed by atoms with Crippen LogP contribution < -0.4 is 5.32 Å². The van der Waals surface area contributed by atoms with Gasteiger partial charge in [0.15, 0.2) is 0 Å². The van der Waals surface area contributed by atoms with Crippen molar-refractivity contribution in [1.29, 1.82) is 0 Å². The highest BCUT2D eigenvalue weighted by molar-refractivity contribution is 8.00. The number of hydrogen-bond donors (Lipinski definition) is 1. The van der Waals surface area contributed by atoms with Gasteiger partial charge in [0.25, 0.3) is 0 Å². The van der Waals surface area contributed by atoms with E-state index in [1.165, 1.54) is 17.3 Å². The van der Waals surface area contributed by atoms with Crippen molar-refractivity contribution < 1.29 is 9.59 Å². The van der Waals surface area contributed by atoms with E-state index in [0.29, 0.717) is 24.5 Å². The Morgan fingerprint density at radius 1 is 1.10 bits per heavy atom. The highest BCUT2D eigenvalue weighted by Gasteiger charge is 2.28. The van der Waals surface area contributed by atoms with E-state index in [4.69, 9.17) is 11.6 Å². The van der Waals surface area contributed by atoms with Crippen LogP contribution in [0.5, 0.6) is 0 Å². The van der Waals surface area contributed by atoms with Crippen molar-refractivity contribution in [2.75, 3.05) is 12.3 Å². The zero-order valence-corrected chi connectivity index (χ0v) is 18.9. The van der Waals surface area contributed by atoms with E-state index in [1.807, 2.05) is 63.2 Å². The summed E-state index contributed by atoms with van der Waals surface area (Å²) in [6.07, 6.45) is 1.39. The molecule has 0 aliphatic heterocycles. The molecule has 2 aromatic rings. The number of rotatable bonds is 10. The molecule has 2 rings (SSSR count). The lowest BCUT2D eigenvalue weighted by molar-refractivity contribution is -0.139. The van der Waals surface area contributed by atoms with Gasteiger partial charge < -0.3 is 10.2 Å². The molecule has 0 aromatic heterocycles. The van der Waals surface area contributed by atoms with Gasteiger partial charge in [-0.15, -0.1) is 11.8 Å². The Bertz CT molecular complexity index is 811. The number of carbonyl (C=O) groups excluding carboxylic acids is 2. The maximum atomic E-state index is 13.2. The molecule has 0 radical (unpaired) electrons. The minimum atomic E-state index is -0.524. The first-order chi connectivity index (χ1) is 14.0. The lowest BCUT2D eigenvalue weighted by Gasteiger charge is -2.31. The van der Waals surface area contributed by atoms with E-state index in [0.717, 1.165) is 16.9 Å². The maximum Gasteiger partial charge on any atom is 0.242 e. The molecule has 0 spiro atoms. The van der Waals surface area contributed by atoms with Gasteiger partial charge in [0.05, 0.1) is 5.75 Å². The number of nitrogens with one attached hydrogen (secondary N) is 1. The van der Waals surface area contributed by atoms with Gasteiger partial charge in [0, 0.05) is 23.0 Å². The molecule has 0 aliphatic rings. The van der Waals surface area contributed by atoms with Crippen molar-refractivity contribution >= 4 is 35.2 Å². The minimum absolute atomic E-state index is 0.0750. The molecule has 6 heteroatoms. The quantitative estimate of drug-likeness (QED) is 0.533. The summed E-state index contributed by atoms with van der Waals surface area (Å²) in [5.74, 6) is 0.0783. The van der Waals surface area contributed by atoms with Crippen LogP contribution in [0.4, 0.5) is 0 Å². The molecule has 0 saturated heterocycles. The average molecular weight is 433 g/mol. The van der Waals surface area contributed by atoms with Crippen LogP contribution in [0.15, 0.2) is 53.4 Å². The summed E-state index contributed by atoms with van der Waals surface area (Å²) in [5.41, 5.74) is 2.02. The third-order valence-electron chi connectivity index (χ3n) is 4.62. The zero-order chi connectivity index (χ0) is 21.2. The van der Waals surface area contributed by atoms with Gasteiger partial charge in [-0.2, -0.15) is 0 Å². The molecule has 2 amide bonds. The lowest BCUT2D eigenvalue weighted by atomic mass is 10.1. The molecule has 1 atom stereocenters. The fourth-order valence-corrected chi connectivity index (χ4v) is 3.94. The van der Waals surface area contributed by atoms with Gasteiger partial charge in [-0.25, -0.2) is 0 Å². The van der Waals surface area contributed by atoms with Gasteiger partial charge in [-0.3, -0.25) is 9.59 Å². The highest BCUT2D eigenvalue weighted by Crippen LogP contribution is 2.23. The smallest absolute Gasteiger partial charge is 0.242 e.